The molecule has 3 aromatic carbocycles. The zero-order chi connectivity index (χ0) is 20.8. The summed E-state index contributed by atoms with van der Waals surface area (Å²) in [5.41, 5.74) is 4.50. The van der Waals surface area contributed by atoms with Gasteiger partial charge in [-0.25, -0.2) is 5.01 Å². The average Bonchev–Trinajstić information content (AvgIpc) is 3.21. The van der Waals surface area contributed by atoms with Gasteiger partial charge < -0.3 is 19.7 Å². The van der Waals surface area contributed by atoms with Crippen molar-refractivity contribution in [3.8, 4) is 23.0 Å². The van der Waals surface area contributed by atoms with Crippen molar-refractivity contribution >= 4 is 5.71 Å². The molecule has 152 valence electrons. The number of para-hydroxylation sites is 1. The van der Waals surface area contributed by atoms with E-state index < -0.39 is 6.23 Å². The number of phenols is 2. The van der Waals surface area contributed by atoms with Crippen molar-refractivity contribution < 1.29 is 19.7 Å². The number of benzene rings is 3. The summed E-state index contributed by atoms with van der Waals surface area (Å²) in [6.07, 6.45) is 0.173. The lowest BCUT2D eigenvalue weighted by atomic mass is 9.95. The van der Waals surface area contributed by atoms with Crippen LogP contribution in [0, 0.1) is 6.92 Å². The molecule has 0 aromatic heterocycles. The molecule has 0 saturated heterocycles. The van der Waals surface area contributed by atoms with Gasteiger partial charge in [-0.1, -0.05) is 29.8 Å². The average molecular weight is 402 g/mol. The first-order valence-corrected chi connectivity index (χ1v) is 9.83. The number of fused-ring (bicyclic) bond motifs is 3. The second-order valence-corrected chi connectivity index (χ2v) is 7.61. The van der Waals surface area contributed by atoms with Gasteiger partial charge >= 0.3 is 0 Å². The largest absolute Gasteiger partial charge is 0.507 e. The Morgan fingerprint density at radius 2 is 1.83 bits per heavy atom. The highest BCUT2D eigenvalue weighted by molar-refractivity contribution is 6.04. The summed E-state index contributed by atoms with van der Waals surface area (Å²) in [6, 6.07) is 18.6. The number of hydrogen-bond acceptors (Lipinski definition) is 6. The number of aryl methyl sites for hydroxylation is 1. The molecule has 0 radical (unpaired) electrons. The fourth-order valence-corrected chi connectivity index (χ4v) is 4.15. The van der Waals surface area contributed by atoms with Crippen LogP contribution < -0.4 is 9.47 Å². The monoisotopic (exact) mass is 402 g/mol. The van der Waals surface area contributed by atoms with Gasteiger partial charge in [-0.05, 0) is 43.3 Å². The fraction of sp³-hybridized carbons (Fsp3) is 0.208. The number of nitrogens with zero attached hydrogens (tertiary/aromatic N) is 2. The number of rotatable bonds is 3. The van der Waals surface area contributed by atoms with E-state index in [-0.39, 0.29) is 17.5 Å². The number of phenolic OH excluding ortho intramolecular Hbond substituents is 2. The minimum Gasteiger partial charge on any atom is -0.507 e. The summed E-state index contributed by atoms with van der Waals surface area (Å²) in [4.78, 5) is 0. The molecule has 2 aliphatic heterocycles. The van der Waals surface area contributed by atoms with Gasteiger partial charge in [-0.3, -0.25) is 0 Å². The summed E-state index contributed by atoms with van der Waals surface area (Å²) in [5.74, 6) is 1.48. The first kappa shape index (κ1) is 18.4. The van der Waals surface area contributed by atoms with Crippen LogP contribution in [-0.4, -0.2) is 28.0 Å². The molecule has 6 nitrogen and oxygen atoms in total. The second-order valence-electron chi connectivity index (χ2n) is 7.61. The van der Waals surface area contributed by atoms with E-state index in [9.17, 15) is 10.2 Å². The SMILES string of the molecule is COc1cc([C@H]2Oc3ccccc3[C@@H]3CC(c4cc(C)ccc4O)=NN23)ccc1O. The minimum atomic E-state index is -0.483. The Kier molecular flexibility index (Phi) is 4.28. The lowest BCUT2D eigenvalue weighted by molar-refractivity contribution is -0.0191. The molecule has 0 bridgehead atoms. The van der Waals surface area contributed by atoms with Crippen molar-refractivity contribution in [3.63, 3.8) is 0 Å². The van der Waals surface area contributed by atoms with Crippen LogP contribution in [-0.2, 0) is 0 Å². The highest BCUT2D eigenvalue weighted by atomic mass is 16.5. The number of ether oxygens (including phenoxy) is 2. The lowest BCUT2D eigenvalue weighted by Crippen LogP contribution is -2.33. The van der Waals surface area contributed by atoms with Crippen LogP contribution >= 0.6 is 0 Å². The third-order valence-electron chi connectivity index (χ3n) is 5.65. The third kappa shape index (κ3) is 2.92. The predicted molar refractivity (Wildman–Crippen MR) is 113 cm³/mol. The molecule has 6 heteroatoms. The number of hydrazone groups is 1. The predicted octanol–water partition coefficient (Wildman–Crippen LogP) is 4.66. The van der Waals surface area contributed by atoms with E-state index in [1.807, 2.05) is 48.3 Å². The van der Waals surface area contributed by atoms with E-state index in [1.165, 1.54) is 7.11 Å². The second kappa shape index (κ2) is 6.99. The number of hydrogen-bond donors (Lipinski definition) is 2. The summed E-state index contributed by atoms with van der Waals surface area (Å²) in [5, 5.41) is 27.2. The van der Waals surface area contributed by atoms with Crippen molar-refractivity contribution in [1.29, 1.82) is 0 Å². The van der Waals surface area contributed by atoms with Crippen LogP contribution in [0.2, 0.25) is 0 Å². The van der Waals surface area contributed by atoms with Crippen LogP contribution in [0.3, 0.4) is 0 Å². The molecule has 0 unspecified atom stereocenters. The van der Waals surface area contributed by atoms with Crippen LogP contribution in [0.1, 0.15) is 40.9 Å². The first-order chi connectivity index (χ1) is 14.5. The molecule has 0 amide bonds. The molecule has 30 heavy (non-hydrogen) atoms. The van der Waals surface area contributed by atoms with Crippen LogP contribution in [0.4, 0.5) is 0 Å². The Hall–Kier alpha value is -3.67. The summed E-state index contributed by atoms with van der Waals surface area (Å²) in [7, 11) is 1.52. The lowest BCUT2D eigenvalue weighted by Gasteiger charge is -2.38. The molecule has 2 aliphatic rings. The topological polar surface area (TPSA) is 74.5 Å². The van der Waals surface area contributed by atoms with Crippen LogP contribution in [0.5, 0.6) is 23.0 Å². The molecule has 0 saturated carbocycles. The van der Waals surface area contributed by atoms with Crippen LogP contribution in [0.15, 0.2) is 65.8 Å². The van der Waals surface area contributed by atoms with E-state index in [4.69, 9.17) is 14.6 Å². The van der Waals surface area contributed by atoms with E-state index in [0.717, 1.165) is 33.7 Å². The molecule has 2 N–H and O–H groups in total. The van der Waals surface area contributed by atoms with Crippen molar-refractivity contribution in [3.05, 3.63) is 82.9 Å². The Morgan fingerprint density at radius 1 is 1.03 bits per heavy atom. The van der Waals surface area contributed by atoms with Gasteiger partial charge in [-0.2, -0.15) is 5.10 Å². The fourth-order valence-electron chi connectivity index (χ4n) is 4.15. The Bertz CT molecular complexity index is 1160. The molecule has 2 heterocycles. The maximum atomic E-state index is 10.4. The van der Waals surface area contributed by atoms with Crippen molar-refractivity contribution in [2.45, 2.75) is 25.6 Å². The van der Waals surface area contributed by atoms with Gasteiger partial charge in [0.15, 0.2) is 11.5 Å². The molecular formula is C24H22N2O4. The van der Waals surface area contributed by atoms with E-state index in [1.54, 1.807) is 18.2 Å². The summed E-state index contributed by atoms with van der Waals surface area (Å²) < 4.78 is 11.6. The highest BCUT2D eigenvalue weighted by Crippen LogP contribution is 2.48. The first-order valence-electron chi connectivity index (χ1n) is 9.83. The van der Waals surface area contributed by atoms with E-state index in [0.29, 0.717) is 12.2 Å². The molecular weight excluding hydrogens is 380 g/mol. The van der Waals surface area contributed by atoms with Gasteiger partial charge in [0, 0.05) is 23.1 Å². The molecule has 3 aromatic rings. The summed E-state index contributed by atoms with van der Waals surface area (Å²) >= 11 is 0. The molecule has 5 rings (SSSR count). The quantitative estimate of drug-likeness (QED) is 0.667. The Balaban J connectivity index is 1.62. The smallest absolute Gasteiger partial charge is 0.214 e. The molecule has 0 aliphatic carbocycles. The molecule has 2 atom stereocenters. The van der Waals surface area contributed by atoms with Gasteiger partial charge in [0.05, 0.1) is 18.9 Å². The normalized spacial score (nSPS) is 19.5. The maximum absolute atomic E-state index is 10.4. The van der Waals surface area contributed by atoms with Crippen molar-refractivity contribution in [2.75, 3.05) is 7.11 Å². The van der Waals surface area contributed by atoms with Crippen molar-refractivity contribution in [2.24, 2.45) is 5.10 Å². The van der Waals surface area contributed by atoms with E-state index >= 15 is 0 Å². The van der Waals surface area contributed by atoms with Crippen molar-refractivity contribution in [1.82, 2.24) is 5.01 Å². The Labute approximate surface area is 174 Å². The third-order valence-corrected chi connectivity index (χ3v) is 5.65. The number of aromatic hydroxyl groups is 2. The zero-order valence-corrected chi connectivity index (χ0v) is 16.7. The van der Waals surface area contributed by atoms with Crippen LogP contribution in [0.25, 0.3) is 0 Å². The zero-order valence-electron chi connectivity index (χ0n) is 16.7. The maximum Gasteiger partial charge on any atom is 0.214 e. The Morgan fingerprint density at radius 3 is 2.67 bits per heavy atom. The van der Waals surface area contributed by atoms with E-state index in [2.05, 4.69) is 6.07 Å². The number of methoxy groups -OCH3 is 1. The molecule has 0 spiro atoms. The van der Waals surface area contributed by atoms with Gasteiger partial charge in [0.2, 0.25) is 6.23 Å². The highest BCUT2D eigenvalue weighted by Gasteiger charge is 2.41. The summed E-state index contributed by atoms with van der Waals surface area (Å²) in [6.45, 7) is 2.00. The van der Waals surface area contributed by atoms with Gasteiger partial charge in [0.1, 0.15) is 11.5 Å². The van der Waals surface area contributed by atoms with Gasteiger partial charge in [-0.15, -0.1) is 0 Å². The standard InChI is InChI=1S/C24H22N2O4/c1-14-7-9-20(27)17(11-14)18-13-19-16-5-3-4-6-22(16)30-24(26(19)25-18)15-8-10-21(28)23(12-15)29-2/h3-12,19,24,27-28H,13H2,1-2H3/t19-,24+/m0/s1. The van der Waals surface area contributed by atoms with Gasteiger partial charge in [0.25, 0.3) is 0 Å². The molecule has 0 fully saturated rings. The minimum absolute atomic E-state index is 0.0188.